The van der Waals surface area contributed by atoms with Crippen LogP contribution in [-0.4, -0.2) is 31.6 Å². The van der Waals surface area contributed by atoms with E-state index < -0.39 is 12.1 Å². The van der Waals surface area contributed by atoms with Gasteiger partial charge in [0.15, 0.2) is 6.10 Å². The molecule has 0 aromatic heterocycles. The topological polar surface area (TPSA) is 61.8 Å². The Kier molecular flexibility index (Phi) is 6.97. The van der Waals surface area contributed by atoms with Crippen LogP contribution in [0.1, 0.15) is 29.8 Å². The lowest BCUT2D eigenvalue weighted by Gasteiger charge is -2.11. The lowest BCUT2D eigenvalue weighted by molar-refractivity contribution is -0.140. The number of ketones is 1. The Morgan fingerprint density at radius 3 is 2.46 bits per heavy atom. The number of ether oxygens (including phenoxy) is 3. The molecule has 5 nitrogen and oxygen atoms in total. The smallest absolute Gasteiger partial charge is 0.331 e. The van der Waals surface area contributed by atoms with Crippen molar-refractivity contribution in [3.8, 4) is 11.5 Å². The molecule has 2 aromatic rings. The summed E-state index contributed by atoms with van der Waals surface area (Å²) < 4.78 is 15.7. The average molecular weight is 354 g/mol. The van der Waals surface area contributed by atoms with Crippen LogP contribution in [0.4, 0.5) is 0 Å². The van der Waals surface area contributed by atoms with E-state index in [2.05, 4.69) is 0 Å². The van der Waals surface area contributed by atoms with Crippen molar-refractivity contribution in [2.45, 2.75) is 20.0 Å². The molecule has 0 aliphatic carbocycles. The van der Waals surface area contributed by atoms with E-state index in [1.807, 2.05) is 25.1 Å². The van der Waals surface area contributed by atoms with Crippen LogP contribution < -0.4 is 9.47 Å². The number of esters is 1. The summed E-state index contributed by atoms with van der Waals surface area (Å²) >= 11 is 0. The van der Waals surface area contributed by atoms with E-state index in [-0.39, 0.29) is 5.78 Å². The molecule has 5 heteroatoms. The fraction of sp³-hybridized carbons (Fsp3) is 0.238. The van der Waals surface area contributed by atoms with Crippen LogP contribution in [0, 0.1) is 0 Å². The summed E-state index contributed by atoms with van der Waals surface area (Å²) in [5.74, 6) is 0.533. The van der Waals surface area contributed by atoms with Crippen molar-refractivity contribution < 1.29 is 23.8 Å². The minimum atomic E-state index is -0.879. The molecular formula is C21H22O5. The summed E-state index contributed by atoms with van der Waals surface area (Å²) in [5, 5.41) is 0. The fourth-order valence-corrected chi connectivity index (χ4v) is 2.29. The molecule has 0 aliphatic rings. The third-order valence-electron chi connectivity index (χ3n) is 3.62. The number of carbonyl (C=O) groups is 2. The SMILES string of the molecule is CCOc1ccc(C(=O)[C@@H](C)OC(=O)/C=C/c2cccc(OC)c2)cc1. The van der Waals surface area contributed by atoms with Crippen LogP contribution in [0.5, 0.6) is 11.5 Å². The van der Waals surface area contributed by atoms with Crippen LogP contribution in [0.25, 0.3) is 6.08 Å². The lowest BCUT2D eigenvalue weighted by atomic mass is 10.1. The van der Waals surface area contributed by atoms with Crippen LogP contribution in [0.2, 0.25) is 0 Å². The van der Waals surface area contributed by atoms with E-state index in [9.17, 15) is 9.59 Å². The van der Waals surface area contributed by atoms with Gasteiger partial charge in [0, 0.05) is 11.6 Å². The standard InChI is InChI=1S/C21H22O5/c1-4-25-18-11-9-17(10-12-18)21(23)15(2)26-20(22)13-8-16-6-5-7-19(14-16)24-3/h5-15H,4H2,1-3H3/b13-8+/t15-/m1/s1. The molecule has 2 rings (SSSR count). The van der Waals surface area contributed by atoms with Crippen LogP contribution in [0.15, 0.2) is 54.6 Å². The first kappa shape index (κ1) is 19.2. The molecule has 0 fully saturated rings. The largest absolute Gasteiger partial charge is 0.497 e. The van der Waals surface area contributed by atoms with E-state index in [1.165, 1.54) is 6.08 Å². The van der Waals surface area contributed by atoms with Gasteiger partial charge in [-0.1, -0.05) is 12.1 Å². The minimum absolute atomic E-state index is 0.267. The molecule has 0 spiro atoms. The van der Waals surface area contributed by atoms with E-state index in [0.29, 0.717) is 23.7 Å². The first-order chi connectivity index (χ1) is 12.5. The molecule has 136 valence electrons. The second kappa shape index (κ2) is 9.42. The number of Topliss-reactive ketones (excluding diaryl/α,β-unsaturated/α-hetero) is 1. The van der Waals surface area contributed by atoms with Gasteiger partial charge in [0.2, 0.25) is 5.78 Å². The highest BCUT2D eigenvalue weighted by Gasteiger charge is 2.18. The predicted molar refractivity (Wildman–Crippen MR) is 99.5 cm³/mol. The Balaban J connectivity index is 1.94. The van der Waals surface area contributed by atoms with Crippen molar-refractivity contribution >= 4 is 17.8 Å². The van der Waals surface area contributed by atoms with Crippen molar-refractivity contribution in [2.75, 3.05) is 13.7 Å². The third kappa shape index (κ3) is 5.48. The molecule has 0 saturated heterocycles. The van der Waals surface area contributed by atoms with Gasteiger partial charge in [-0.15, -0.1) is 0 Å². The van der Waals surface area contributed by atoms with Crippen molar-refractivity contribution in [3.63, 3.8) is 0 Å². The molecule has 0 bridgehead atoms. The zero-order valence-corrected chi connectivity index (χ0v) is 15.1. The van der Waals surface area contributed by atoms with Crippen LogP contribution in [-0.2, 0) is 9.53 Å². The van der Waals surface area contributed by atoms with Gasteiger partial charge in [-0.3, -0.25) is 4.79 Å². The predicted octanol–water partition coefficient (Wildman–Crippen LogP) is 3.92. The number of hydrogen-bond donors (Lipinski definition) is 0. The van der Waals surface area contributed by atoms with Crippen molar-refractivity contribution in [1.82, 2.24) is 0 Å². The Hall–Kier alpha value is -3.08. The van der Waals surface area contributed by atoms with E-state index in [1.54, 1.807) is 50.4 Å². The number of benzene rings is 2. The highest BCUT2D eigenvalue weighted by Crippen LogP contribution is 2.15. The molecule has 2 aromatic carbocycles. The van der Waals surface area contributed by atoms with Crippen molar-refractivity contribution in [3.05, 3.63) is 65.7 Å². The second-order valence-corrected chi connectivity index (χ2v) is 5.51. The summed E-state index contributed by atoms with van der Waals surface area (Å²) in [7, 11) is 1.57. The van der Waals surface area contributed by atoms with E-state index in [4.69, 9.17) is 14.2 Å². The zero-order chi connectivity index (χ0) is 18.9. The van der Waals surface area contributed by atoms with Gasteiger partial charge >= 0.3 is 5.97 Å². The van der Waals surface area contributed by atoms with Gasteiger partial charge in [0.25, 0.3) is 0 Å². The van der Waals surface area contributed by atoms with E-state index >= 15 is 0 Å². The fourth-order valence-electron chi connectivity index (χ4n) is 2.29. The Bertz CT molecular complexity index is 777. The summed E-state index contributed by atoms with van der Waals surface area (Å²) in [4.78, 5) is 24.3. The minimum Gasteiger partial charge on any atom is -0.497 e. The molecule has 0 heterocycles. The molecule has 0 unspecified atom stereocenters. The number of methoxy groups -OCH3 is 1. The quantitative estimate of drug-likeness (QED) is 0.408. The summed E-state index contributed by atoms with van der Waals surface area (Å²) in [6.45, 7) is 4.00. The van der Waals surface area contributed by atoms with Crippen molar-refractivity contribution in [2.24, 2.45) is 0 Å². The van der Waals surface area contributed by atoms with Crippen LogP contribution in [0.3, 0.4) is 0 Å². The van der Waals surface area contributed by atoms with Crippen LogP contribution >= 0.6 is 0 Å². The highest BCUT2D eigenvalue weighted by molar-refractivity contribution is 6.01. The van der Waals surface area contributed by atoms with Gasteiger partial charge < -0.3 is 14.2 Å². The summed E-state index contributed by atoms with van der Waals surface area (Å²) in [6.07, 6.45) is 2.02. The first-order valence-electron chi connectivity index (χ1n) is 8.33. The van der Waals surface area contributed by atoms with Gasteiger partial charge in [0.1, 0.15) is 11.5 Å². The maximum absolute atomic E-state index is 12.3. The second-order valence-electron chi connectivity index (χ2n) is 5.51. The molecule has 26 heavy (non-hydrogen) atoms. The summed E-state index contributed by atoms with van der Waals surface area (Å²) in [6, 6.07) is 14.0. The molecule has 0 radical (unpaired) electrons. The maximum atomic E-state index is 12.3. The third-order valence-corrected chi connectivity index (χ3v) is 3.62. The monoisotopic (exact) mass is 354 g/mol. The van der Waals surface area contributed by atoms with Gasteiger partial charge in [-0.25, -0.2) is 4.79 Å². The summed E-state index contributed by atoms with van der Waals surface area (Å²) in [5.41, 5.74) is 1.26. The number of carbonyl (C=O) groups excluding carboxylic acids is 2. The lowest BCUT2D eigenvalue weighted by Crippen LogP contribution is -2.23. The van der Waals surface area contributed by atoms with Gasteiger partial charge in [0.05, 0.1) is 13.7 Å². The molecule has 1 atom stereocenters. The van der Waals surface area contributed by atoms with Gasteiger partial charge in [-0.2, -0.15) is 0 Å². The number of hydrogen-bond acceptors (Lipinski definition) is 5. The molecular weight excluding hydrogens is 332 g/mol. The highest BCUT2D eigenvalue weighted by atomic mass is 16.5. The molecule has 0 N–H and O–H groups in total. The maximum Gasteiger partial charge on any atom is 0.331 e. The Morgan fingerprint density at radius 1 is 1.08 bits per heavy atom. The Morgan fingerprint density at radius 2 is 1.81 bits per heavy atom. The average Bonchev–Trinajstić information content (AvgIpc) is 2.67. The van der Waals surface area contributed by atoms with E-state index in [0.717, 1.165) is 5.56 Å². The normalized spacial score (nSPS) is 11.8. The van der Waals surface area contributed by atoms with Crippen molar-refractivity contribution in [1.29, 1.82) is 0 Å². The van der Waals surface area contributed by atoms with Gasteiger partial charge in [-0.05, 0) is 61.9 Å². The number of rotatable bonds is 8. The Labute approximate surface area is 153 Å². The molecule has 0 amide bonds. The zero-order valence-electron chi connectivity index (χ0n) is 15.1. The first-order valence-corrected chi connectivity index (χ1v) is 8.33. The molecule has 0 saturated carbocycles. The molecule has 0 aliphatic heterocycles.